The summed E-state index contributed by atoms with van der Waals surface area (Å²) in [5.41, 5.74) is -0.744. The summed E-state index contributed by atoms with van der Waals surface area (Å²) in [6.45, 7) is 6.86. The van der Waals surface area contributed by atoms with E-state index in [4.69, 9.17) is 0 Å². The fourth-order valence-electron chi connectivity index (χ4n) is 2.71. The van der Waals surface area contributed by atoms with Gasteiger partial charge in [-0.3, -0.25) is 4.79 Å². The molecule has 1 aromatic heterocycles. The molecule has 1 saturated heterocycles. The van der Waals surface area contributed by atoms with E-state index >= 15 is 0 Å². The minimum Gasteiger partial charge on any atom is -0.355 e. The summed E-state index contributed by atoms with van der Waals surface area (Å²) in [4.78, 5) is 20.1. The first kappa shape index (κ1) is 20.9. The van der Waals surface area contributed by atoms with Crippen molar-refractivity contribution >= 4 is 23.5 Å². The Balaban J connectivity index is 1.84. The molecule has 0 bridgehead atoms. The van der Waals surface area contributed by atoms with Crippen LogP contribution < -0.4 is 4.90 Å². The fourth-order valence-corrected chi connectivity index (χ4v) is 3.85. The maximum Gasteiger partial charge on any atom is 0.417 e. The zero-order valence-electron chi connectivity index (χ0n) is 15.3. The normalized spacial score (nSPS) is 16.1. The third kappa shape index (κ3) is 6.37. The van der Waals surface area contributed by atoms with Gasteiger partial charge in [-0.05, 0) is 36.6 Å². The Morgan fingerprint density at radius 1 is 1.23 bits per heavy atom. The number of amides is 1. The molecule has 8 heteroatoms. The van der Waals surface area contributed by atoms with Gasteiger partial charge in [0, 0.05) is 32.4 Å². The smallest absolute Gasteiger partial charge is 0.355 e. The third-order valence-electron chi connectivity index (χ3n) is 4.31. The molecule has 0 radical (unpaired) electrons. The van der Waals surface area contributed by atoms with Crippen molar-refractivity contribution in [3.8, 4) is 0 Å². The van der Waals surface area contributed by atoms with Crippen LogP contribution in [-0.4, -0.2) is 53.5 Å². The molecule has 2 heterocycles. The van der Waals surface area contributed by atoms with E-state index < -0.39 is 11.7 Å². The van der Waals surface area contributed by atoms with Gasteiger partial charge in [0.15, 0.2) is 0 Å². The molecular weight excluding hydrogens is 363 g/mol. The highest BCUT2D eigenvalue weighted by Gasteiger charge is 2.31. The van der Waals surface area contributed by atoms with Crippen molar-refractivity contribution in [2.45, 2.75) is 32.9 Å². The number of nitrogens with zero attached hydrogens (tertiary/aromatic N) is 3. The maximum atomic E-state index is 12.6. The monoisotopic (exact) mass is 389 g/mol. The molecule has 26 heavy (non-hydrogen) atoms. The van der Waals surface area contributed by atoms with E-state index in [9.17, 15) is 18.0 Å². The van der Waals surface area contributed by atoms with Crippen LogP contribution in [0.25, 0.3) is 0 Å². The minimum atomic E-state index is -4.37. The molecule has 2 rings (SSSR count). The van der Waals surface area contributed by atoms with Gasteiger partial charge < -0.3 is 9.80 Å². The van der Waals surface area contributed by atoms with Crippen molar-refractivity contribution < 1.29 is 18.0 Å². The number of hydrogen-bond donors (Lipinski definition) is 0. The highest BCUT2D eigenvalue weighted by molar-refractivity contribution is 7.99. The first-order valence-corrected chi connectivity index (χ1v) is 10.1. The molecule has 1 aliphatic rings. The number of rotatable bonds is 6. The SMILES string of the molecule is CC(C)CCSCC(=O)N1CCCN(c2ccc(C(F)(F)F)cn2)CC1. The number of aromatic nitrogens is 1. The summed E-state index contributed by atoms with van der Waals surface area (Å²) in [5, 5.41) is 0. The maximum absolute atomic E-state index is 12.6. The summed E-state index contributed by atoms with van der Waals surface area (Å²) < 4.78 is 37.9. The van der Waals surface area contributed by atoms with E-state index in [1.165, 1.54) is 6.07 Å². The van der Waals surface area contributed by atoms with Crippen LogP contribution in [0.5, 0.6) is 0 Å². The number of anilines is 1. The Labute approximate surface area is 157 Å². The molecule has 1 aromatic rings. The second-order valence-corrected chi connectivity index (χ2v) is 7.96. The second kappa shape index (κ2) is 9.48. The van der Waals surface area contributed by atoms with Crippen LogP contribution in [0.15, 0.2) is 18.3 Å². The average molecular weight is 389 g/mol. The van der Waals surface area contributed by atoms with Gasteiger partial charge in [-0.1, -0.05) is 13.8 Å². The Kier molecular flexibility index (Phi) is 7.61. The molecule has 0 aliphatic carbocycles. The number of carbonyl (C=O) groups excluding carboxylic acids is 1. The predicted molar refractivity (Wildman–Crippen MR) is 99.4 cm³/mol. The number of alkyl halides is 3. The van der Waals surface area contributed by atoms with Crippen LogP contribution in [0.2, 0.25) is 0 Å². The summed E-state index contributed by atoms with van der Waals surface area (Å²) in [5.74, 6) is 2.78. The van der Waals surface area contributed by atoms with E-state index in [0.717, 1.165) is 30.9 Å². The minimum absolute atomic E-state index is 0.140. The number of thioether (sulfide) groups is 1. The molecule has 0 unspecified atom stereocenters. The molecular formula is C18H26F3N3OS. The summed E-state index contributed by atoms with van der Waals surface area (Å²) in [7, 11) is 0. The van der Waals surface area contributed by atoms with Crippen molar-refractivity contribution in [1.29, 1.82) is 0 Å². The highest BCUT2D eigenvalue weighted by Crippen LogP contribution is 2.29. The zero-order chi connectivity index (χ0) is 19.2. The molecule has 4 nitrogen and oxygen atoms in total. The first-order valence-electron chi connectivity index (χ1n) is 8.91. The van der Waals surface area contributed by atoms with Gasteiger partial charge in [-0.25, -0.2) is 4.98 Å². The Morgan fingerprint density at radius 3 is 2.62 bits per heavy atom. The highest BCUT2D eigenvalue weighted by atomic mass is 32.2. The molecule has 0 atom stereocenters. The molecule has 0 saturated carbocycles. The number of hydrogen-bond acceptors (Lipinski definition) is 4. The Bertz CT molecular complexity index is 578. The Morgan fingerprint density at radius 2 is 2.00 bits per heavy atom. The lowest BCUT2D eigenvalue weighted by molar-refractivity contribution is -0.137. The lowest BCUT2D eigenvalue weighted by Gasteiger charge is -2.23. The van der Waals surface area contributed by atoms with E-state index in [1.807, 2.05) is 9.80 Å². The van der Waals surface area contributed by atoms with E-state index in [-0.39, 0.29) is 5.91 Å². The standard InChI is InChI=1S/C18H26F3N3OS/c1-14(2)6-11-26-13-17(25)24-8-3-7-23(9-10-24)16-5-4-15(12-22-16)18(19,20)21/h4-5,12,14H,3,6-11,13H2,1-2H3. The predicted octanol–water partition coefficient (Wildman–Crippen LogP) is 3.92. The fraction of sp³-hybridized carbons (Fsp3) is 0.667. The lowest BCUT2D eigenvalue weighted by atomic mass is 10.2. The topological polar surface area (TPSA) is 36.4 Å². The molecule has 0 spiro atoms. The zero-order valence-corrected chi connectivity index (χ0v) is 16.1. The van der Waals surface area contributed by atoms with Crippen molar-refractivity contribution in [1.82, 2.24) is 9.88 Å². The van der Waals surface area contributed by atoms with Gasteiger partial charge in [0.05, 0.1) is 11.3 Å². The van der Waals surface area contributed by atoms with Gasteiger partial charge in [0.25, 0.3) is 0 Å². The van der Waals surface area contributed by atoms with Crippen LogP contribution in [0.3, 0.4) is 0 Å². The van der Waals surface area contributed by atoms with Crippen LogP contribution >= 0.6 is 11.8 Å². The van der Waals surface area contributed by atoms with Gasteiger partial charge in [-0.2, -0.15) is 24.9 Å². The van der Waals surface area contributed by atoms with Gasteiger partial charge in [0.1, 0.15) is 5.82 Å². The molecule has 0 aromatic carbocycles. The summed E-state index contributed by atoms with van der Waals surface area (Å²) in [6, 6.07) is 2.46. The van der Waals surface area contributed by atoms with Crippen molar-refractivity contribution in [3.05, 3.63) is 23.9 Å². The molecule has 1 amide bonds. The molecule has 146 valence electrons. The van der Waals surface area contributed by atoms with Crippen molar-refractivity contribution in [2.75, 3.05) is 42.6 Å². The number of carbonyl (C=O) groups is 1. The van der Waals surface area contributed by atoms with Gasteiger partial charge in [-0.15, -0.1) is 0 Å². The number of pyridine rings is 1. The molecule has 1 aliphatic heterocycles. The Hall–Kier alpha value is -1.44. The van der Waals surface area contributed by atoms with Crippen molar-refractivity contribution in [3.63, 3.8) is 0 Å². The quantitative estimate of drug-likeness (QED) is 0.691. The molecule has 0 N–H and O–H groups in total. The first-order chi connectivity index (χ1) is 12.3. The lowest BCUT2D eigenvalue weighted by Crippen LogP contribution is -2.36. The van der Waals surface area contributed by atoms with Crippen LogP contribution in [-0.2, 0) is 11.0 Å². The summed E-state index contributed by atoms with van der Waals surface area (Å²) >= 11 is 1.67. The van der Waals surface area contributed by atoms with Crippen molar-refractivity contribution in [2.24, 2.45) is 5.92 Å². The van der Waals surface area contributed by atoms with E-state index in [2.05, 4.69) is 18.8 Å². The number of halogens is 3. The van der Waals surface area contributed by atoms with Gasteiger partial charge >= 0.3 is 6.18 Å². The average Bonchev–Trinajstić information content (AvgIpc) is 2.84. The van der Waals surface area contributed by atoms with E-state index in [1.54, 1.807) is 11.8 Å². The van der Waals surface area contributed by atoms with E-state index in [0.29, 0.717) is 43.7 Å². The second-order valence-electron chi connectivity index (χ2n) is 6.86. The summed E-state index contributed by atoms with van der Waals surface area (Å²) in [6.07, 6.45) is -1.62. The van der Waals surface area contributed by atoms with Crippen LogP contribution in [0, 0.1) is 5.92 Å². The van der Waals surface area contributed by atoms with Gasteiger partial charge in [0.2, 0.25) is 5.91 Å². The molecule has 1 fully saturated rings. The van der Waals surface area contributed by atoms with Crippen LogP contribution in [0.1, 0.15) is 32.3 Å². The third-order valence-corrected chi connectivity index (χ3v) is 5.29. The largest absolute Gasteiger partial charge is 0.417 e. The van der Waals surface area contributed by atoms with Crippen LogP contribution in [0.4, 0.5) is 19.0 Å².